The van der Waals surface area contributed by atoms with Gasteiger partial charge in [-0.1, -0.05) is 54.1 Å². The maximum absolute atomic E-state index is 12.9. The van der Waals surface area contributed by atoms with Gasteiger partial charge >= 0.3 is 0 Å². The summed E-state index contributed by atoms with van der Waals surface area (Å²) < 4.78 is 23.5. The Morgan fingerprint density at radius 2 is 1.59 bits per heavy atom. The maximum Gasteiger partial charge on any atom is 0.260 e. The highest BCUT2D eigenvalue weighted by Crippen LogP contribution is 2.23. The number of hydrazine groups is 1. The highest BCUT2D eigenvalue weighted by Gasteiger charge is 2.32. The average molecular weight is 436 g/mol. The molecule has 7 nitrogen and oxygen atoms in total. The van der Waals surface area contributed by atoms with E-state index in [1.54, 1.807) is 24.3 Å². The first-order chi connectivity index (χ1) is 13.8. The van der Waals surface area contributed by atoms with Crippen molar-refractivity contribution in [3.8, 4) is 0 Å². The standard InChI is InChI=1S/C20H22ClN3O4S/c21-17-8-6-15(7-9-17)14-18(25)22-23-20(26)19(16-4-2-1-3-5-16)24-10-12-29(27,28)13-11-24/h1-9,19H,10-14H2,(H,22,25)(H,23,26). The summed E-state index contributed by atoms with van der Waals surface area (Å²) in [7, 11) is -3.07. The first-order valence-electron chi connectivity index (χ1n) is 9.17. The van der Waals surface area contributed by atoms with Crippen molar-refractivity contribution < 1.29 is 18.0 Å². The summed E-state index contributed by atoms with van der Waals surface area (Å²) in [5, 5.41) is 0.580. The molecule has 0 radical (unpaired) electrons. The Hall–Kier alpha value is -2.42. The molecule has 29 heavy (non-hydrogen) atoms. The number of hydrogen-bond donors (Lipinski definition) is 2. The minimum absolute atomic E-state index is 0.00649. The highest BCUT2D eigenvalue weighted by molar-refractivity contribution is 7.91. The number of hydrogen-bond acceptors (Lipinski definition) is 5. The van der Waals surface area contributed by atoms with Gasteiger partial charge in [0.1, 0.15) is 6.04 Å². The zero-order valence-electron chi connectivity index (χ0n) is 15.7. The van der Waals surface area contributed by atoms with Crippen LogP contribution >= 0.6 is 11.6 Å². The summed E-state index contributed by atoms with van der Waals surface area (Å²) in [6.45, 7) is 0.516. The van der Waals surface area contributed by atoms with E-state index in [0.29, 0.717) is 5.02 Å². The molecule has 1 atom stereocenters. The molecule has 0 aromatic heterocycles. The van der Waals surface area contributed by atoms with Gasteiger partial charge in [-0.2, -0.15) is 0 Å². The van der Waals surface area contributed by atoms with Gasteiger partial charge in [0.2, 0.25) is 5.91 Å². The Balaban J connectivity index is 1.65. The van der Waals surface area contributed by atoms with E-state index in [1.807, 2.05) is 35.2 Å². The van der Waals surface area contributed by atoms with Crippen LogP contribution in [-0.4, -0.2) is 49.7 Å². The number of sulfone groups is 1. The molecule has 1 aliphatic rings. The predicted octanol–water partition coefficient (Wildman–Crippen LogP) is 1.50. The van der Waals surface area contributed by atoms with Crippen LogP contribution < -0.4 is 10.9 Å². The number of nitrogens with zero attached hydrogens (tertiary/aromatic N) is 1. The molecule has 1 saturated heterocycles. The molecule has 154 valence electrons. The van der Waals surface area contributed by atoms with Gasteiger partial charge in [-0.25, -0.2) is 8.42 Å². The van der Waals surface area contributed by atoms with Crippen molar-refractivity contribution in [3.63, 3.8) is 0 Å². The molecular formula is C20H22ClN3O4S. The summed E-state index contributed by atoms with van der Waals surface area (Å²) in [4.78, 5) is 26.9. The molecule has 1 unspecified atom stereocenters. The van der Waals surface area contributed by atoms with E-state index in [1.165, 1.54) is 0 Å². The molecule has 2 N–H and O–H groups in total. The van der Waals surface area contributed by atoms with Crippen LogP contribution in [0.1, 0.15) is 17.2 Å². The fourth-order valence-corrected chi connectivity index (χ4v) is 4.54. The Labute approximate surface area is 174 Å². The van der Waals surface area contributed by atoms with E-state index in [4.69, 9.17) is 11.6 Å². The van der Waals surface area contributed by atoms with Gasteiger partial charge in [0, 0.05) is 18.1 Å². The van der Waals surface area contributed by atoms with Crippen LogP contribution in [0.25, 0.3) is 0 Å². The second kappa shape index (κ2) is 9.39. The van der Waals surface area contributed by atoms with E-state index < -0.39 is 21.8 Å². The molecule has 2 amide bonds. The van der Waals surface area contributed by atoms with Gasteiger partial charge in [-0.3, -0.25) is 25.3 Å². The van der Waals surface area contributed by atoms with Crippen molar-refractivity contribution in [2.75, 3.05) is 24.6 Å². The molecule has 0 aliphatic carbocycles. The average Bonchev–Trinajstić information content (AvgIpc) is 2.70. The topological polar surface area (TPSA) is 95.6 Å². The lowest BCUT2D eigenvalue weighted by molar-refractivity contribution is -0.132. The van der Waals surface area contributed by atoms with Crippen molar-refractivity contribution in [1.82, 2.24) is 15.8 Å². The number of carbonyl (C=O) groups excluding carboxylic acids is 2. The molecular weight excluding hydrogens is 414 g/mol. The van der Waals surface area contributed by atoms with Gasteiger partial charge < -0.3 is 0 Å². The molecule has 1 fully saturated rings. The molecule has 3 rings (SSSR count). The third kappa shape index (κ3) is 6.03. The van der Waals surface area contributed by atoms with E-state index >= 15 is 0 Å². The van der Waals surface area contributed by atoms with Gasteiger partial charge in [0.15, 0.2) is 9.84 Å². The van der Waals surface area contributed by atoms with Crippen LogP contribution in [0.4, 0.5) is 0 Å². The largest absolute Gasteiger partial charge is 0.286 e. The molecule has 0 saturated carbocycles. The van der Waals surface area contributed by atoms with E-state index in [2.05, 4.69) is 10.9 Å². The van der Waals surface area contributed by atoms with Gasteiger partial charge in [0.25, 0.3) is 5.91 Å². The Morgan fingerprint density at radius 1 is 0.966 bits per heavy atom. The number of amides is 2. The predicted molar refractivity (Wildman–Crippen MR) is 111 cm³/mol. The Kier molecular flexibility index (Phi) is 6.89. The first-order valence-corrected chi connectivity index (χ1v) is 11.4. The third-order valence-corrected chi connectivity index (χ3v) is 6.57. The molecule has 0 spiro atoms. The summed E-state index contributed by atoms with van der Waals surface area (Å²) in [6, 6.07) is 15.3. The van der Waals surface area contributed by atoms with Crippen LogP contribution in [0.3, 0.4) is 0 Å². The smallest absolute Gasteiger partial charge is 0.260 e. The van der Waals surface area contributed by atoms with Crippen LogP contribution in [-0.2, 0) is 25.8 Å². The lowest BCUT2D eigenvalue weighted by atomic mass is 10.0. The fourth-order valence-electron chi connectivity index (χ4n) is 3.18. The van der Waals surface area contributed by atoms with E-state index in [-0.39, 0.29) is 36.9 Å². The van der Waals surface area contributed by atoms with Gasteiger partial charge in [0.05, 0.1) is 17.9 Å². The number of carbonyl (C=O) groups is 2. The second-order valence-electron chi connectivity index (χ2n) is 6.84. The van der Waals surface area contributed by atoms with Crippen molar-refractivity contribution in [1.29, 1.82) is 0 Å². The normalized spacial score (nSPS) is 17.3. The Morgan fingerprint density at radius 3 is 2.21 bits per heavy atom. The summed E-state index contributed by atoms with van der Waals surface area (Å²) >= 11 is 5.84. The molecule has 2 aromatic carbocycles. The second-order valence-corrected chi connectivity index (χ2v) is 9.58. The first kappa shape index (κ1) is 21.3. The quantitative estimate of drug-likeness (QED) is 0.694. The van der Waals surface area contributed by atoms with Crippen molar-refractivity contribution in [3.05, 3.63) is 70.7 Å². The minimum atomic E-state index is -3.07. The van der Waals surface area contributed by atoms with Crippen LogP contribution in [0.5, 0.6) is 0 Å². The van der Waals surface area contributed by atoms with Crippen LogP contribution in [0.2, 0.25) is 5.02 Å². The van der Waals surface area contributed by atoms with Crippen molar-refractivity contribution in [2.45, 2.75) is 12.5 Å². The molecule has 9 heteroatoms. The molecule has 0 bridgehead atoms. The van der Waals surface area contributed by atoms with E-state index in [9.17, 15) is 18.0 Å². The summed E-state index contributed by atoms with van der Waals surface area (Å²) in [5.74, 6) is -0.771. The third-order valence-electron chi connectivity index (χ3n) is 4.71. The molecule has 2 aromatic rings. The van der Waals surface area contributed by atoms with Gasteiger partial charge in [-0.15, -0.1) is 0 Å². The molecule has 1 heterocycles. The van der Waals surface area contributed by atoms with Crippen molar-refractivity contribution >= 4 is 33.3 Å². The summed E-state index contributed by atoms with van der Waals surface area (Å²) in [5.41, 5.74) is 6.41. The van der Waals surface area contributed by atoms with Crippen molar-refractivity contribution in [2.24, 2.45) is 0 Å². The number of nitrogens with one attached hydrogen (secondary N) is 2. The van der Waals surface area contributed by atoms with E-state index in [0.717, 1.165) is 11.1 Å². The van der Waals surface area contributed by atoms with Crippen LogP contribution in [0.15, 0.2) is 54.6 Å². The zero-order chi connectivity index (χ0) is 20.9. The number of benzene rings is 2. The highest BCUT2D eigenvalue weighted by atomic mass is 35.5. The number of halogens is 1. The fraction of sp³-hybridized carbons (Fsp3) is 0.300. The Bertz CT molecular complexity index is 951. The lowest BCUT2D eigenvalue weighted by Crippen LogP contribution is -2.51. The monoisotopic (exact) mass is 435 g/mol. The SMILES string of the molecule is O=C(Cc1ccc(Cl)cc1)NNC(=O)C(c1ccccc1)N1CCS(=O)(=O)CC1. The lowest BCUT2D eigenvalue weighted by Gasteiger charge is -2.33. The zero-order valence-corrected chi connectivity index (χ0v) is 17.2. The minimum Gasteiger partial charge on any atom is -0.286 e. The van der Waals surface area contributed by atoms with Gasteiger partial charge in [-0.05, 0) is 23.3 Å². The summed E-state index contributed by atoms with van der Waals surface area (Å²) in [6.07, 6.45) is 0.0927. The van der Waals surface area contributed by atoms with Crippen LogP contribution in [0, 0.1) is 0 Å². The molecule has 1 aliphatic heterocycles. The number of rotatable bonds is 5. The maximum atomic E-state index is 12.9.